The molecule has 0 radical (unpaired) electrons. The van der Waals surface area contributed by atoms with Crippen molar-refractivity contribution in [1.82, 2.24) is 0 Å². The Hall–Kier alpha value is -2.08. The van der Waals surface area contributed by atoms with Crippen molar-refractivity contribution >= 4 is 50.5 Å². The SMILES string of the molecule is C=CCOC(=O)Nc1ccc(C(=O)OC(CS(=O)(=O)[O-])(C(F)(F)F)C(F)(F)F)cc1I. The zero-order chi connectivity index (χ0) is 24.3. The molecule has 0 spiro atoms. The van der Waals surface area contributed by atoms with Gasteiger partial charge in [0.1, 0.15) is 6.61 Å². The molecule has 0 heterocycles. The number of hydrogen-bond donors (Lipinski definition) is 1. The van der Waals surface area contributed by atoms with Crippen LogP contribution in [0, 0.1) is 3.57 Å². The van der Waals surface area contributed by atoms with E-state index in [1.165, 1.54) is 28.7 Å². The van der Waals surface area contributed by atoms with Gasteiger partial charge in [0, 0.05) is 3.57 Å². The van der Waals surface area contributed by atoms with Crippen molar-refractivity contribution in [2.45, 2.75) is 18.0 Å². The van der Waals surface area contributed by atoms with Crippen LogP contribution in [-0.2, 0) is 19.6 Å². The molecule has 0 unspecified atom stereocenters. The van der Waals surface area contributed by atoms with E-state index in [0.29, 0.717) is 6.07 Å². The smallest absolute Gasteiger partial charge is 0.438 e. The number of esters is 1. The van der Waals surface area contributed by atoms with E-state index in [0.717, 1.165) is 12.1 Å². The molecule has 0 fully saturated rings. The van der Waals surface area contributed by atoms with Gasteiger partial charge in [-0.3, -0.25) is 5.32 Å². The van der Waals surface area contributed by atoms with E-state index in [1.807, 2.05) is 0 Å². The molecule has 0 saturated carbocycles. The largest absolute Gasteiger partial charge is 0.748 e. The molecule has 174 valence electrons. The van der Waals surface area contributed by atoms with Crippen molar-refractivity contribution in [3.05, 3.63) is 40.0 Å². The van der Waals surface area contributed by atoms with Gasteiger partial charge < -0.3 is 14.0 Å². The Labute approximate surface area is 184 Å². The summed E-state index contributed by atoms with van der Waals surface area (Å²) in [4.78, 5) is 23.5. The van der Waals surface area contributed by atoms with Crippen molar-refractivity contribution in [3.8, 4) is 0 Å². The van der Waals surface area contributed by atoms with Crippen LogP contribution in [0.1, 0.15) is 10.4 Å². The molecule has 1 N–H and O–H groups in total. The Morgan fingerprint density at radius 1 is 1.16 bits per heavy atom. The van der Waals surface area contributed by atoms with Crippen LogP contribution < -0.4 is 5.32 Å². The van der Waals surface area contributed by atoms with E-state index in [-0.39, 0.29) is 15.9 Å². The lowest BCUT2D eigenvalue weighted by Crippen LogP contribution is -2.63. The van der Waals surface area contributed by atoms with E-state index >= 15 is 0 Å². The molecule has 0 aliphatic heterocycles. The molecule has 0 aliphatic rings. The molecular weight excluding hydrogens is 579 g/mol. The molecule has 0 aromatic heterocycles. The predicted octanol–water partition coefficient (Wildman–Crippen LogP) is 3.59. The second-order valence-electron chi connectivity index (χ2n) is 5.62. The second kappa shape index (κ2) is 9.60. The van der Waals surface area contributed by atoms with Crippen LogP contribution >= 0.6 is 22.6 Å². The first-order valence-corrected chi connectivity index (χ1v) is 10.2. The van der Waals surface area contributed by atoms with Gasteiger partial charge in [-0.2, -0.15) is 26.3 Å². The molecule has 1 amide bonds. The van der Waals surface area contributed by atoms with E-state index in [1.54, 1.807) is 0 Å². The summed E-state index contributed by atoms with van der Waals surface area (Å²) >= 11 is 1.49. The summed E-state index contributed by atoms with van der Waals surface area (Å²) in [5.41, 5.74) is -6.46. The fourth-order valence-corrected chi connectivity index (χ4v) is 3.49. The number of amides is 1. The number of carbonyl (C=O) groups is 2. The Bertz CT molecular complexity index is 948. The predicted molar refractivity (Wildman–Crippen MR) is 99.1 cm³/mol. The minimum Gasteiger partial charge on any atom is -0.748 e. The lowest BCUT2D eigenvalue weighted by Gasteiger charge is -2.36. The fourth-order valence-electron chi connectivity index (χ4n) is 1.96. The number of benzene rings is 1. The number of nitrogens with one attached hydrogen (secondary N) is 1. The van der Waals surface area contributed by atoms with Gasteiger partial charge >= 0.3 is 30.0 Å². The molecule has 31 heavy (non-hydrogen) atoms. The van der Waals surface area contributed by atoms with E-state index in [4.69, 9.17) is 0 Å². The molecule has 1 rings (SSSR count). The first-order chi connectivity index (χ1) is 13.9. The standard InChI is InChI=1S/C15H12F6INO7S/c1-2-5-29-12(25)23-10-4-3-8(6-9(10)22)11(24)30-13(14(16,17)18,15(19,20)21)7-31(26,27)28/h2-4,6H,1,5,7H2,(H,23,25)(H,26,27,28)/p-1. The van der Waals surface area contributed by atoms with Crippen LogP contribution in [-0.4, -0.2) is 55.3 Å². The van der Waals surface area contributed by atoms with Gasteiger partial charge in [0.25, 0.3) is 0 Å². The van der Waals surface area contributed by atoms with Crippen LogP contribution in [0.5, 0.6) is 0 Å². The van der Waals surface area contributed by atoms with Crippen LogP contribution in [0.25, 0.3) is 0 Å². The summed E-state index contributed by atoms with van der Waals surface area (Å²) in [7, 11) is -6.15. The molecule has 0 bridgehead atoms. The number of halogens is 7. The normalized spacial score (nSPS) is 12.8. The minimum absolute atomic E-state index is 0.0220. The van der Waals surface area contributed by atoms with Crippen LogP contribution in [0.15, 0.2) is 30.9 Å². The van der Waals surface area contributed by atoms with Crippen molar-refractivity contribution in [2.24, 2.45) is 0 Å². The zero-order valence-corrected chi connectivity index (χ0v) is 17.8. The molecular formula is C15H11F6INO7S-. The van der Waals surface area contributed by atoms with E-state index in [2.05, 4.69) is 21.4 Å². The number of hydrogen-bond acceptors (Lipinski definition) is 7. The third kappa shape index (κ3) is 6.96. The summed E-state index contributed by atoms with van der Waals surface area (Å²) in [6, 6.07) is 2.41. The van der Waals surface area contributed by atoms with Crippen molar-refractivity contribution in [1.29, 1.82) is 0 Å². The molecule has 0 aliphatic carbocycles. The van der Waals surface area contributed by atoms with Crippen LogP contribution in [0.4, 0.5) is 36.8 Å². The molecule has 16 heteroatoms. The van der Waals surface area contributed by atoms with Gasteiger partial charge in [0.15, 0.2) is 0 Å². The lowest BCUT2D eigenvalue weighted by molar-refractivity contribution is -0.356. The number of anilines is 1. The average molecular weight is 590 g/mol. The molecule has 1 aromatic carbocycles. The third-order valence-corrected chi connectivity index (χ3v) is 4.99. The Morgan fingerprint density at radius 2 is 1.71 bits per heavy atom. The van der Waals surface area contributed by atoms with Gasteiger partial charge in [-0.15, -0.1) is 0 Å². The highest BCUT2D eigenvalue weighted by molar-refractivity contribution is 14.1. The van der Waals surface area contributed by atoms with Crippen LogP contribution in [0.2, 0.25) is 0 Å². The fraction of sp³-hybridized carbons (Fsp3) is 0.333. The maximum Gasteiger partial charge on any atom is 0.438 e. The Kier molecular flexibility index (Phi) is 8.34. The van der Waals surface area contributed by atoms with Gasteiger partial charge in [-0.05, 0) is 40.8 Å². The Balaban J connectivity index is 3.29. The quantitative estimate of drug-likeness (QED) is 0.169. The van der Waals surface area contributed by atoms with E-state index in [9.17, 15) is 48.9 Å². The number of rotatable bonds is 7. The molecule has 0 atom stereocenters. The number of ether oxygens (including phenoxy) is 2. The first-order valence-electron chi connectivity index (χ1n) is 7.58. The number of carbonyl (C=O) groups excluding carboxylic acids is 2. The summed E-state index contributed by atoms with van der Waals surface area (Å²) < 4.78 is 120. The van der Waals surface area contributed by atoms with Gasteiger partial charge in [-0.1, -0.05) is 12.7 Å². The minimum atomic E-state index is -6.48. The monoisotopic (exact) mass is 590 g/mol. The topological polar surface area (TPSA) is 122 Å². The molecule has 1 aromatic rings. The molecule has 0 saturated heterocycles. The lowest BCUT2D eigenvalue weighted by atomic mass is 10.1. The highest BCUT2D eigenvalue weighted by Gasteiger charge is 2.75. The zero-order valence-electron chi connectivity index (χ0n) is 14.8. The molecule has 8 nitrogen and oxygen atoms in total. The summed E-state index contributed by atoms with van der Waals surface area (Å²) in [6.07, 6.45) is -12.7. The summed E-state index contributed by atoms with van der Waals surface area (Å²) in [5, 5.41) is 2.19. The van der Waals surface area contributed by atoms with Crippen molar-refractivity contribution in [2.75, 3.05) is 17.7 Å². The van der Waals surface area contributed by atoms with Crippen molar-refractivity contribution in [3.63, 3.8) is 0 Å². The van der Waals surface area contributed by atoms with Gasteiger partial charge in [0.05, 0.1) is 27.1 Å². The maximum atomic E-state index is 13.2. The third-order valence-electron chi connectivity index (χ3n) is 3.34. The van der Waals surface area contributed by atoms with Gasteiger partial charge in [-0.25, -0.2) is 18.0 Å². The summed E-state index contributed by atoms with van der Waals surface area (Å²) in [6.45, 7) is 3.14. The maximum absolute atomic E-state index is 13.2. The summed E-state index contributed by atoms with van der Waals surface area (Å²) in [5.74, 6) is -5.32. The average Bonchev–Trinajstić information content (AvgIpc) is 2.57. The first kappa shape index (κ1) is 27.0. The number of alkyl halides is 6. The Morgan fingerprint density at radius 3 is 2.13 bits per heavy atom. The van der Waals surface area contributed by atoms with Crippen molar-refractivity contribution < 1.29 is 58.4 Å². The second-order valence-corrected chi connectivity index (χ2v) is 8.19. The highest BCUT2D eigenvalue weighted by atomic mass is 127. The van der Waals surface area contributed by atoms with Crippen LogP contribution in [0.3, 0.4) is 0 Å². The van der Waals surface area contributed by atoms with Gasteiger partial charge in [0.2, 0.25) is 0 Å². The van der Waals surface area contributed by atoms with E-state index < -0.39 is 51.5 Å². The highest BCUT2D eigenvalue weighted by Crippen LogP contribution is 2.47.